The first kappa shape index (κ1) is 21.4. The summed E-state index contributed by atoms with van der Waals surface area (Å²) in [4.78, 5) is 23.8. The fourth-order valence-corrected chi connectivity index (χ4v) is 2.91. The minimum Gasteiger partial charge on any atom is -0.406 e. The molecule has 0 saturated heterocycles. The van der Waals surface area contributed by atoms with Gasteiger partial charge in [-0.25, -0.2) is 9.78 Å². The highest BCUT2D eigenvalue weighted by molar-refractivity contribution is 7.09. The minimum absolute atomic E-state index is 0.113. The second-order valence-electron chi connectivity index (χ2n) is 6.39. The highest BCUT2D eigenvalue weighted by atomic mass is 32.1. The number of aromatic nitrogens is 4. The lowest BCUT2D eigenvalue weighted by molar-refractivity contribution is -0.137. The van der Waals surface area contributed by atoms with Crippen LogP contribution in [0.4, 0.5) is 28.9 Å². The van der Waals surface area contributed by atoms with E-state index in [-0.39, 0.29) is 10.9 Å². The highest BCUT2D eigenvalue weighted by Gasteiger charge is 2.32. The molecule has 3 aromatic heterocycles. The van der Waals surface area contributed by atoms with Crippen LogP contribution in [-0.4, -0.2) is 32.5 Å². The first-order valence-corrected chi connectivity index (χ1v) is 9.48. The lowest BCUT2D eigenvalue weighted by atomic mass is 10.0. The number of carbonyl (C=O) groups excluding carboxylic acids is 1. The van der Waals surface area contributed by atoms with Crippen molar-refractivity contribution in [1.82, 2.24) is 24.6 Å². The molecule has 30 heavy (non-hydrogen) atoms. The molecule has 0 aromatic carbocycles. The topological polar surface area (TPSA) is 102 Å². The number of nitrogens with one attached hydrogen (secondary N) is 2. The summed E-state index contributed by atoms with van der Waals surface area (Å²) in [6, 6.07) is 4.45. The molecule has 12 heteroatoms. The molecule has 0 aliphatic carbocycles. The molecule has 1 amide bonds. The lowest BCUT2D eigenvalue weighted by Gasteiger charge is -2.12. The molecule has 0 saturated carbocycles. The second kappa shape index (κ2) is 8.61. The number of hydrogen-bond acceptors (Lipinski definition) is 8. The van der Waals surface area contributed by atoms with E-state index in [1.165, 1.54) is 7.05 Å². The summed E-state index contributed by atoms with van der Waals surface area (Å²) < 4.78 is 48.1. The van der Waals surface area contributed by atoms with E-state index in [9.17, 15) is 18.0 Å². The largest absolute Gasteiger partial charge is 0.418 e. The number of alkyl halides is 3. The molecule has 0 atom stereocenters. The van der Waals surface area contributed by atoms with Gasteiger partial charge in [-0.3, -0.25) is 4.98 Å². The quantitative estimate of drug-likeness (QED) is 0.600. The van der Waals surface area contributed by atoms with Gasteiger partial charge in [0, 0.05) is 31.0 Å². The Morgan fingerprint density at radius 2 is 2.00 bits per heavy atom. The van der Waals surface area contributed by atoms with Crippen LogP contribution >= 0.6 is 11.5 Å². The SMILES string of the molecule is CNC(=O)Oc1cc(C(F)(F)F)cnc1Nc1nc(-c2cc(C(C)C)ccn2)ns1. The van der Waals surface area contributed by atoms with E-state index in [0.29, 0.717) is 29.7 Å². The van der Waals surface area contributed by atoms with Gasteiger partial charge in [0.25, 0.3) is 0 Å². The Hall–Kier alpha value is -3.28. The molecular formula is C18H17F3N6O2S. The maximum absolute atomic E-state index is 13.0. The van der Waals surface area contributed by atoms with E-state index in [1.54, 1.807) is 6.20 Å². The van der Waals surface area contributed by atoms with Crippen LogP contribution in [0, 0.1) is 0 Å². The molecular weight excluding hydrogens is 421 g/mol. The molecule has 0 bridgehead atoms. The molecule has 0 aliphatic heterocycles. The summed E-state index contributed by atoms with van der Waals surface area (Å²) in [6.07, 6.45) is -3.29. The van der Waals surface area contributed by atoms with Crippen molar-refractivity contribution in [3.63, 3.8) is 0 Å². The lowest BCUT2D eigenvalue weighted by Crippen LogP contribution is -2.23. The van der Waals surface area contributed by atoms with E-state index in [0.717, 1.165) is 17.1 Å². The van der Waals surface area contributed by atoms with E-state index in [2.05, 4.69) is 30.0 Å². The maximum Gasteiger partial charge on any atom is 0.418 e. The van der Waals surface area contributed by atoms with E-state index in [4.69, 9.17) is 4.74 Å². The van der Waals surface area contributed by atoms with Crippen LogP contribution < -0.4 is 15.4 Å². The first-order chi connectivity index (χ1) is 14.2. The number of ether oxygens (including phenoxy) is 1. The standard InChI is InChI=1S/C18H17F3N6O2S/c1-9(2)10-4-5-23-12(6-10)14-25-16(30-27-14)26-15-13(29-17(28)22-3)7-11(8-24-15)18(19,20)21/h4-9H,1-3H3,(H,22,28)(H,24,25,26,27). The van der Waals surface area contributed by atoms with Crippen molar-refractivity contribution in [2.75, 3.05) is 12.4 Å². The average Bonchev–Trinajstić information content (AvgIpc) is 3.17. The van der Waals surface area contributed by atoms with E-state index < -0.39 is 23.6 Å². The first-order valence-electron chi connectivity index (χ1n) is 8.71. The van der Waals surface area contributed by atoms with Gasteiger partial charge >= 0.3 is 12.3 Å². The van der Waals surface area contributed by atoms with Gasteiger partial charge in [-0.1, -0.05) is 13.8 Å². The summed E-state index contributed by atoms with van der Waals surface area (Å²) in [5.74, 6) is 0.133. The minimum atomic E-state index is -4.64. The number of pyridine rings is 2. The van der Waals surface area contributed by atoms with Gasteiger partial charge in [0.1, 0.15) is 5.69 Å². The Morgan fingerprint density at radius 3 is 2.67 bits per heavy atom. The van der Waals surface area contributed by atoms with Crippen LogP contribution in [-0.2, 0) is 6.18 Å². The molecule has 2 N–H and O–H groups in total. The molecule has 158 valence electrons. The van der Waals surface area contributed by atoms with Gasteiger partial charge in [0.2, 0.25) is 5.13 Å². The zero-order valence-electron chi connectivity index (χ0n) is 16.1. The molecule has 0 unspecified atom stereocenters. The van der Waals surface area contributed by atoms with Gasteiger partial charge in [-0.2, -0.15) is 22.5 Å². The van der Waals surface area contributed by atoms with Gasteiger partial charge in [-0.15, -0.1) is 0 Å². The van der Waals surface area contributed by atoms with Crippen LogP contribution in [0.2, 0.25) is 0 Å². The average molecular weight is 438 g/mol. The van der Waals surface area contributed by atoms with Gasteiger partial charge in [-0.05, 0) is 29.7 Å². The third-order valence-electron chi connectivity index (χ3n) is 3.92. The van der Waals surface area contributed by atoms with Crippen LogP contribution in [0.15, 0.2) is 30.6 Å². The Bertz CT molecular complexity index is 1050. The van der Waals surface area contributed by atoms with Gasteiger partial charge < -0.3 is 15.4 Å². The Kier molecular flexibility index (Phi) is 6.15. The number of amides is 1. The smallest absolute Gasteiger partial charge is 0.406 e. The Morgan fingerprint density at radius 1 is 1.23 bits per heavy atom. The van der Waals surface area contributed by atoms with Gasteiger partial charge in [0.05, 0.1) is 5.56 Å². The van der Waals surface area contributed by atoms with Crippen molar-refractivity contribution < 1.29 is 22.7 Å². The maximum atomic E-state index is 13.0. The predicted molar refractivity (Wildman–Crippen MR) is 105 cm³/mol. The monoisotopic (exact) mass is 438 g/mol. The third-order valence-corrected chi connectivity index (χ3v) is 4.55. The number of rotatable bonds is 5. The summed E-state index contributed by atoms with van der Waals surface area (Å²) in [7, 11) is 1.28. The zero-order chi connectivity index (χ0) is 21.9. The van der Waals surface area contributed by atoms with Crippen molar-refractivity contribution in [3.8, 4) is 17.3 Å². The predicted octanol–water partition coefficient (Wildman–Crippen LogP) is 4.60. The molecule has 0 fully saturated rings. The molecule has 3 heterocycles. The fraction of sp³-hybridized carbons (Fsp3) is 0.278. The van der Waals surface area contributed by atoms with Crippen LogP contribution in [0.5, 0.6) is 5.75 Å². The number of anilines is 2. The van der Waals surface area contributed by atoms with Crippen LogP contribution in [0.25, 0.3) is 11.5 Å². The summed E-state index contributed by atoms with van der Waals surface area (Å²) in [5, 5.41) is 5.16. The number of nitrogens with zero attached hydrogens (tertiary/aromatic N) is 4. The van der Waals surface area contributed by atoms with Crippen molar-refractivity contribution in [1.29, 1.82) is 0 Å². The van der Waals surface area contributed by atoms with Gasteiger partial charge in [0.15, 0.2) is 17.4 Å². The van der Waals surface area contributed by atoms with Crippen LogP contribution in [0.3, 0.4) is 0 Å². The molecule has 0 spiro atoms. The number of hydrogen-bond donors (Lipinski definition) is 2. The summed E-state index contributed by atoms with van der Waals surface area (Å²) in [5.41, 5.74) is 0.572. The molecule has 8 nitrogen and oxygen atoms in total. The highest BCUT2D eigenvalue weighted by Crippen LogP contribution is 2.35. The third kappa shape index (κ3) is 5.00. The van der Waals surface area contributed by atoms with Crippen LogP contribution in [0.1, 0.15) is 30.9 Å². The number of carbonyl (C=O) groups is 1. The van der Waals surface area contributed by atoms with Crippen molar-refractivity contribution in [2.45, 2.75) is 25.9 Å². The summed E-state index contributed by atoms with van der Waals surface area (Å²) >= 11 is 0.966. The van der Waals surface area contributed by atoms with E-state index in [1.807, 2.05) is 26.0 Å². The fourth-order valence-electron chi connectivity index (χ4n) is 2.33. The van der Waals surface area contributed by atoms with Crippen molar-refractivity contribution >= 4 is 28.6 Å². The zero-order valence-corrected chi connectivity index (χ0v) is 16.9. The second-order valence-corrected chi connectivity index (χ2v) is 7.14. The molecule has 3 aromatic rings. The van der Waals surface area contributed by atoms with Crippen molar-refractivity contribution in [3.05, 3.63) is 41.7 Å². The Labute approximate surface area is 173 Å². The molecule has 0 aliphatic rings. The summed E-state index contributed by atoms with van der Waals surface area (Å²) in [6.45, 7) is 4.09. The molecule has 0 radical (unpaired) electrons. The van der Waals surface area contributed by atoms with E-state index >= 15 is 0 Å². The number of halogens is 3. The molecule has 3 rings (SSSR count). The normalized spacial score (nSPS) is 11.4. The Balaban J connectivity index is 1.89. The van der Waals surface area contributed by atoms with Crippen molar-refractivity contribution in [2.24, 2.45) is 0 Å².